The minimum absolute atomic E-state index is 0.00185. The van der Waals surface area contributed by atoms with Crippen LogP contribution in [0.5, 0.6) is 0 Å². The number of carbonyl (C=O) groups excluding carboxylic acids is 2. The lowest BCUT2D eigenvalue weighted by Crippen LogP contribution is -2.12. The van der Waals surface area contributed by atoms with E-state index in [4.69, 9.17) is 9.47 Å². The van der Waals surface area contributed by atoms with E-state index >= 15 is 0 Å². The second kappa shape index (κ2) is 13.4. The molecule has 0 saturated heterocycles. The van der Waals surface area contributed by atoms with Crippen LogP contribution in [0.4, 0.5) is 0 Å². The van der Waals surface area contributed by atoms with Gasteiger partial charge in [0.15, 0.2) is 0 Å². The Morgan fingerprint density at radius 1 is 0.694 bits per heavy atom. The molecule has 0 fully saturated rings. The van der Waals surface area contributed by atoms with Crippen molar-refractivity contribution in [3.05, 3.63) is 59.2 Å². The zero-order valence-corrected chi connectivity index (χ0v) is 22.7. The molecule has 2 unspecified atom stereocenters. The van der Waals surface area contributed by atoms with Crippen LogP contribution in [0.25, 0.3) is 21.5 Å². The average Bonchev–Trinajstić information content (AvgIpc) is 2.86. The smallest absolute Gasteiger partial charge is 0.306 e. The van der Waals surface area contributed by atoms with Gasteiger partial charge in [-0.2, -0.15) is 0 Å². The molecule has 0 saturated carbocycles. The zero-order valence-electron chi connectivity index (χ0n) is 22.7. The van der Waals surface area contributed by atoms with E-state index in [1.165, 1.54) is 22.1 Å². The molecule has 0 N–H and O–H groups in total. The van der Waals surface area contributed by atoms with Crippen LogP contribution < -0.4 is 0 Å². The van der Waals surface area contributed by atoms with Crippen molar-refractivity contribution in [2.75, 3.05) is 13.2 Å². The van der Waals surface area contributed by atoms with Crippen LogP contribution >= 0.6 is 0 Å². The van der Waals surface area contributed by atoms with Crippen LogP contribution in [0.15, 0.2) is 42.5 Å². The van der Waals surface area contributed by atoms with Gasteiger partial charge < -0.3 is 9.47 Å². The second-order valence-corrected chi connectivity index (χ2v) is 9.96. The molecule has 0 radical (unpaired) electrons. The van der Waals surface area contributed by atoms with Crippen LogP contribution in [-0.2, 0) is 25.5 Å². The van der Waals surface area contributed by atoms with Gasteiger partial charge in [0.1, 0.15) is 0 Å². The maximum Gasteiger partial charge on any atom is 0.306 e. The summed E-state index contributed by atoms with van der Waals surface area (Å²) in [5, 5.41) is 4.61. The van der Waals surface area contributed by atoms with Crippen LogP contribution in [-0.4, -0.2) is 25.2 Å². The first-order chi connectivity index (χ1) is 17.4. The normalized spacial score (nSPS) is 13.0. The van der Waals surface area contributed by atoms with Gasteiger partial charge in [0.2, 0.25) is 0 Å². The number of hydrogen-bond donors (Lipinski definition) is 0. The van der Waals surface area contributed by atoms with Gasteiger partial charge in [0, 0.05) is 0 Å². The molecule has 3 rings (SSSR count). The van der Waals surface area contributed by atoms with Gasteiger partial charge in [-0.3, -0.25) is 9.59 Å². The molecule has 4 heteroatoms. The highest BCUT2D eigenvalue weighted by molar-refractivity contribution is 6.07. The van der Waals surface area contributed by atoms with Gasteiger partial charge in [0.05, 0.1) is 26.1 Å². The molecule has 0 aliphatic heterocycles. The molecular weight excluding hydrogens is 448 g/mol. The monoisotopic (exact) mass is 490 g/mol. The minimum Gasteiger partial charge on any atom is -0.466 e. The molecule has 2 atom stereocenters. The molecule has 0 bridgehead atoms. The largest absolute Gasteiger partial charge is 0.466 e. The number of fused-ring (bicyclic) bond motifs is 2. The number of hydrogen-bond acceptors (Lipinski definition) is 4. The highest BCUT2D eigenvalue weighted by Crippen LogP contribution is 2.42. The number of aryl methyl sites for hydroxylation is 1. The van der Waals surface area contributed by atoms with Crippen molar-refractivity contribution in [1.82, 2.24) is 0 Å². The first-order valence-corrected chi connectivity index (χ1v) is 13.7. The molecule has 4 nitrogen and oxygen atoms in total. The summed E-state index contributed by atoms with van der Waals surface area (Å²) in [6.45, 7) is 11.5. The fourth-order valence-corrected chi connectivity index (χ4v) is 5.06. The summed E-state index contributed by atoms with van der Waals surface area (Å²) in [5.41, 5.74) is 3.62. The lowest BCUT2D eigenvalue weighted by molar-refractivity contribution is -0.145. The third-order valence-electron chi connectivity index (χ3n) is 7.03. The number of ether oxygens (including phenoxy) is 2. The molecule has 0 aliphatic carbocycles. The summed E-state index contributed by atoms with van der Waals surface area (Å²) in [7, 11) is 0. The summed E-state index contributed by atoms with van der Waals surface area (Å²) in [6.07, 6.45) is 5.41. The van der Waals surface area contributed by atoms with Crippen molar-refractivity contribution >= 4 is 33.5 Å². The zero-order chi connectivity index (χ0) is 26.1. The molecule has 0 aliphatic rings. The summed E-state index contributed by atoms with van der Waals surface area (Å²) in [6, 6.07) is 15.1. The number of carbonyl (C=O) groups is 2. The van der Waals surface area contributed by atoms with E-state index in [1.54, 1.807) is 0 Å². The average molecular weight is 491 g/mol. The SMILES string of the molecule is CCCCOC(=O)CC(C)c1c2ccccc2c(C(C)CC(=O)OCCCC)c2cc(CC)ccc12. The Kier molecular flexibility index (Phi) is 10.3. The van der Waals surface area contributed by atoms with Crippen molar-refractivity contribution in [3.63, 3.8) is 0 Å². The first kappa shape index (κ1) is 27.7. The quantitative estimate of drug-likeness (QED) is 0.138. The Hall–Kier alpha value is -2.88. The molecule has 194 valence electrons. The van der Waals surface area contributed by atoms with Crippen molar-refractivity contribution in [3.8, 4) is 0 Å². The number of esters is 2. The van der Waals surface area contributed by atoms with Crippen molar-refractivity contribution in [2.45, 2.75) is 91.4 Å². The molecule has 3 aromatic rings. The topological polar surface area (TPSA) is 52.6 Å². The van der Waals surface area contributed by atoms with E-state index in [0.717, 1.165) is 48.3 Å². The Morgan fingerprint density at radius 2 is 1.17 bits per heavy atom. The van der Waals surface area contributed by atoms with Gasteiger partial charge in [-0.05, 0) is 69.3 Å². The Balaban J connectivity index is 2.09. The molecule has 0 amide bonds. The molecule has 0 aromatic heterocycles. The molecule has 0 heterocycles. The standard InChI is InChI=1S/C32H42O4/c1-6-9-17-35-29(33)19-22(4)31-25-13-11-12-14-26(25)32(23(5)20-30(34)36-18-10-7-2)28-21-24(8-3)15-16-27(28)31/h11-16,21-23H,6-10,17-20H2,1-5H3. The predicted molar refractivity (Wildman–Crippen MR) is 149 cm³/mol. The summed E-state index contributed by atoms with van der Waals surface area (Å²) in [4.78, 5) is 25.2. The van der Waals surface area contributed by atoms with Crippen molar-refractivity contribution < 1.29 is 19.1 Å². The predicted octanol–water partition coefficient (Wildman–Crippen LogP) is 8.23. The fraction of sp³-hybridized carbons (Fsp3) is 0.500. The maximum absolute atomic E-state index is 12.6. The van der Waals surface area contributed by atoms with Crippen molar-refractivity contribution in [2.24, 2.45) is 0 Å². The van der Waals surface area contributed by atoms with Gasteiger partial charge in [0.25, 0.3) is 0 Å². The van der Waals surface area contributed by atoms with Gasteiger partial charge in [-0.15, -0.1) is 0 Å². The maximum atomic E-state index is 12.6. The second-order valence-electron chi connectivity index (χ2n) is 9.96. The number of rotatable bonds is 13. The van der Waals surface area contributed by atoms with Gasteiger partial charge >= 0.3 is 11.9 Å². The summed E-state index contributed by atoms with van der Waals surface area (Å²) in [5.74, 6) is -0.290. The summed E-state index contributed by atoms with van der Waals surface area (Å²) >= 11 is 0. The molecule has 36 heavy (non-hydrogen) atoms. The summed E-state index contributed by atoms with van der Waals surface area (Å²) < 4.78 is 11.0. The van der Waals surface area contributed by atoms with Crippen molar-refractivity contribution in [1.29, 1.82) is 0 Å². The van der Waals surface area contributed by atoms with E-state index in [0.29, 0.717) is 26.1 Å². The van der Waals surface area contributed by atoms with Crippen LogP contribution in [0.1, 0.15) is 102 Å². The minimum atomic E-state index is -0.148. The first-order valence-electron chi connectivity index (χ1n) is 13.7. The molecule has 0 spiro atoms. The Labute approximate surface area is 216 Å². The van der Waals surface area contributed by atoms with E-state index in [-0.39, 0.29) is 23.8 Å². The van der Waals surface area contributed by atoms with Crippen LogP contribution in [0, 0.1) is 0 Å². The van der Waals surface area contributed by atoms with Crippen LogP contribution in [0.3, 0.4) is 0 Å². The molecule has 3 aromatic carbocycles. The van der Waals surface area contributed by atoms with Gasteiger partial charge in [-0.25, -0.2) is 0 Å². The molecular formula is C32H42O4. The fourth-order valence-electron chi connectivity index (χ4n) is 5.06. The van der Waals surface area contributed by atoms with E-state index in [1.807, 2.05) is 0 Å². The highest BCUT2D eigenvalue weighted by atomic mass is 16.5. The van der Waals surface area contributed by atoms with E-state index in [9.17, 15) is 9.59 Å². The third-order valence-corrected chi connectivity index (χ3v) is 7.03. The Morgan fingerprint density at radius 3 is 1.64 bits per heavy atom. The number of unbranched alkanes of at least 4 members (excludes halogenated alkanes) is 2. The highest BCUT2D eigenvalue weighted by Gasteiger charge is 2.24. The Bertz CT molecular complexity index is 1180. The van der Waals surface area contributed by atoms with Crippen LogP contribution in [0.2, 0.25) is 0 Å². The lowest BCUT2D eigenvalue weighted by Gasteiger charge is -2.24. The van der Waals surface area contributed by atoms with E-state index < -0.39 is 0 Å². The van der Waals surface area contributed by atoms with E-state index in [2.05, 4.69) is 77.1 Å². The third kappa shape index (κ3) is 6.66. The number of benzene rings is 3. The lowest BCUT2D eigenvalue weighted by atomic mass is 9.80. The van der Waals surface area contributed by atoms with Gasteiger partial charge in [-0.1, -0.05) is 89.9 Å².